The van der Waals surface area contributed by atoms with E-state index in [-0.39, 0.29) is 17.0 Å². The van der Waals surface area contributed by atoms with Crippen molar-refractivity contribution in [3.8, 4) is 0 Å². The molecule has 1 rings (SSSR count). The molecule has 0 amide bonds. The summed E-state index contributed by atoms with van der Waals surface area (Å²) in [4.78, 5) is 0. The van der Waals surface area contributed by atoms with Gasteiger partial charge < -0.3 is 17.0 Å². The van der Waals surface area contributed by atoms with Crippen molar-refractivity contribution in [3.05, 3.63) is 18.7 Å². The van der Waals surface area contributed by atoms with Crippen LogP contribution >= 0.6 is 12.6 Å². The molecular formula is C8H16BrN3S. The number of nitrogens with zero attached hydrogens (tertiary/aromatic N) is 2. The Morgan fingerprint density at radius 1 is 1.38 bits per heavy atom. The van der Waals surface area contributed by atoms with Gasteiger partial charge in [-0.1, -0.05) is 0 Å². The lowest BCUT2D eigenvalue weighted by Gasteiger charge is -1.93. The number of thiol groups is 1. The van der Waals surface area contributed by atoms with Crippen molar-refractivity contribution in [2.45, 2.75) is 26.1 Å². The average molecular weight is 266 g/mol. The van der Waals surface area contributed by atoms with Crippen LogP contribution in [0.25, 0.3) is 0 Å². The minimum absolute atomic E-state index is 0. The molecule has 1 aromatic rings. The van der Waals surface area contributed by atoms with Gasteiger partial charge in [-0.25, -0.2) is 9.13 Å². The second kappa shape index (κ2) is 7.41. The molecular weight excluding hydrogens is 250 g/mol. The van der Waals surface area contributed by atoms with Gasteiger partial charge in [-0.2, -0.15) is 12.6 Å². The molecule has 0 radical (unpaired) electrons. The molecule has 1 aromatic heterocycles. The lowest BCUT2D eigenvalue weighted by atomic mass is 10.3. The molecule has 0 saturated heterocycles. The van der Waals surface area contributed by atoms with Gasteiger partial charge in [-0.05, 0) is 18.6 Å². The first-order valence-corrected chi connectivity index (χ1v) is 4.86. The van der Waals surface area contributed by atoms with E-state index >= 15 is 0 Å². The van der Waals surface area contributed by atoms with Crippen LogP contribution in [0.15, 0.2) is 18.7 Å². The molecule has 0 fully saturated rings. The number of rotatable bonds is 5. The molecule has 0 unspecified atom stereocenters. The van der Waals surface area contributed by atoms with E-state index in [0.717, 1.165) is 12.3 Å². The number of aromatic nitrogens is 2. The van der Waals surface area contributed by atoms with Crippen molar-refractivity contribution in [2.75, 3.05) is 5.75 Å². The first-order valence-electron chi connectivity index (χ1n) is 4.22. The molecule has 0 bridgehead atoms. The van der Waals surface area contributed by atoms with Crippen LogP contribution in [0.2, 0.25) is 0 Å². The maximum Gasteiger partial charge on any atom is 0.244 e. The fourth-order valence-electron chi connectivity index (χ4n) is 1.09. The minimum Gasteiger partial charge on any atom is -1.00 e. The zero-order chi connectivity index (χ0) is 8.81. The number of hydrogen-bond acceptors (Lipinski definition) is 2. The highest BCUT2D eigenvalue weighted by atomic mass is 79.9. The number of unbranched alkanes of at least 4 members (excludes halogenated alkanes) is 1. The van der Waals surface area contributed by atoms with E-state index in [9.17, 15) is 0 Å². The normalized spacial score (nSPS) is 9.69. The third-order valence-electron chi connectivity index (χ3n) is 1.78. The molecule has 2 N–H and O–H groups in total. The fraction of sp³-hybridized carbons (Fsp3) is 0.625. The summed E-state index contributed by atoms with van der Waals surface area (Å²) in [6.45, 7) is 1.62. The molecule has 3 nitrogen and oxygen atoms in total. The SMILES string of the molecule is NCn1cc[n+](CCCCS)c1.[Br-]. The van der Waals surface area contributed by atoms with Gasteiger partial charge in [0.2, 0.25) is 6.33 Å². The van der Waals surface area contributed by atoms with Crippen molar-refractivity contribution in [1.82, 2.24) is 4.57 Å². The van der Waals surface area contributed by atoms with E-state index in [2.05, 4.69) is 17.2 Å². The molecule has 0 aromatic carbocycles. The molecule has 0 aliphatic carbocycles. The second-order valence-electron chi connectivity index (χ2n) is 2.78. The Morgan fingerprint density at radius 2 is 2.15 bits per heavy atom. The summed E-state index contributed by atoms with van der Waals surface area (Å²) in [5, 5.41) is 0. The number of hydrogen-bond donors (Lipinski definition) is 2. The van der Waals surface area contributed by atoms with E-state index in [1.54, 1.807) is 0 Å². The van der Waals surface area contributed by atoms with Crippen molar-refractivity contribution < 1.29 is 21.5 Å². The number of halogens is 1. The zero-order valence-electron chi connectivity index (χ0n) is 7.56. The fourth-order valence-corrected chi connectivity index (χ4v) is 1.31. The summed E-state index contributed by atoms with van der Waals surface area (Å²) in [5.74, 6) is 0.970. The zero-order valence-corrected chi connectivity index (χ0v) is 10.0. The molecule has 0 aliphatic rings. The first-order chi connectivity index (χ1) is 5.86. The van der Waals surface area contributed by atoms with Crippen LogP contribution < -0.4 is 27.3 Å². The third-order valence-corrected chi connectivity index (χ3v) is 2.10. The number of aryl methyl sites for hydroxylation is 1. The van der Waals surface area contributed by atoms with Crippen LogP contribution in [0, 0.1) is 0 Å². The van der Waals surface area contributed by atoms with Crippen molar-refractivity contribution >= 4 is 12.6 Å². The topological polar surface area (TPSA) is 34.8 Å². The summed E-state index contributed by atoms with van der Waals surface area (Å²) >= 11 is 4.16. The summed E-state index contributed by atoms with van der Waals surface area (Å²) in [7, 11) is 0. The largest absolute Gasteiger partial charge is 1.00 e. The van der Waals surface area contributed by atoms with Crippen LogP contribution in [0.4, 0.5) is 0 Å². The van der Waals surface area contributed by atoms with Gasteiger partial charge in [0, 0.05) is 0 Å². The third kappa shape index (κ3) is 4.69. The van der Waals surface area contributed by atoms with Gasteiger partial charge in [0.25, 0.3) is 0 Å². The molecule has 0 spiro atoms. The average Bonchev–Trinajstić information content (AvgIpc) is 2.53. The highest BCUT2D eigenvalue weighted by molar-refractivity contribution is 7.80. The Hall–Kier alpha value is 0. The Morgan fingerprint density at radius 3 is 2.69 bits per heavy atom. The molecule has 5 heteroatoms. The van der Waals surface area contributed by atoms with Gasteiger partial charge in [0.1, 0.15) is 19.1 Å². The highest BCUT2D eigenvalue weighted by Crippen LogP contribution is 1.91. The predicted molar refractivity (Wildman–Crippen MR) is 51.9 cm³/mol. The van der Waals surface area contributed by atoms with Crippen LogP contribution in [-0.2, 0) is 13.2 Å². The Labute approximate surface area is 95.1 Å². The van der Waals surface area contributed by atoms with Crippen LogP contribution in [0.5, 0.6) is 0 Å². The molecule has 0 atom stereocenters. The Balaban J connectivity index is 0.00000144. The molecule has 76 valence electrons. The van der Waals surface area contributed by atoms with Gasteiger partial charge in [0.05, 0.1) is 6.54 Å². The van der Waals surface area contributed by atoms with Crippen LogP contribution in [0.1, 0.15) is 12.8 Å². The predicted octanol–water partition coefficient (Wildman–Crippen LogP) is -2.59. The van der Waals surface area contributed by atoms with E-state index in [1.165, 1.54) is 12.8 Å². The molecule has 0 saturated carbocycles. The van der Waals surface area contributed by atoms with Gasteiger partial charge in [-0.3, -0.25) is 5.73 Å². The Bertz CT molecular complexity index is 227. The Kier molecular flexibility index (Phi) is 7.41. The molecule has 1 heterocycles. The summed E-state index contributed by atoms with van der Waals surface area (Å²) in [5.41, 5.74) is 5.46. The van der Waals surface area contributed by atoms with Crippen molar-refractivity contribution in [2.24, 2.45) is 5.73 Å². The van der Waals surface area contributed by atoms with Crippen LogP contribution in [0.3, 0.4) is 0 Å². The quantitative estimate of drug-likeness (QED) is 0.342. The summed E-state index contributed by atoms with van der Waals surface area (Å²) < 4.78 is 4.11. The van der Waals surface area contributed by atoms with Crippen LogP contribution in [-0.4, -0.2) is 10.3 Å². The van der Waals surface area contributed by atoms with Crippen molar-refractivity contribution in [3.63, 3.8) is 0 Å². The maximum atomic E-state index is 5.46. The van der Waals surface area contributed by atoms with Gasteiger partial charge in [-0.15, -0.1) is 0 Å². The summed E-state index contributed by atoms with van der Waals surface area (Å²) in [6, 6.07) is 0. The maximum absolute atomic E-state index is 5.46. The van der Waals surface area contributed by atoms with Gasteiger partial charge in [0.15, 0.2) is 0 Å². The minimum atomic E-state index is 0. The van der Waals surface area contributed by atoms with Crippen molar-refractivity contribution in [1.29, 1.82) is 0 Å². The van der Waals surface area contributed by atoms with E-state index in [0.29, 0.717) is 6.67 Å². The molecule has 13 heavy (non-hydrogen) atoms. The standard InChI is InChI=1S/C8H15N3S.BrH/c9-7-11-5-4-10(8-11)3-1-2-6-12;/h4-5,8H,1-3,6-7,9H2;1H. The monoisotopic (exact) mass is 265 g/mol. The first kappa shape index (κ1) is 13.0. The van der Waals surface area contributed by atoms with Gasteiger partial charge >= 0.3 is 0 Å². The number of nitrogens with two attached hydrogens (primary N) is 1. The lowest BCUT2D eigenvalue weighted by molar-refractivity contribution is -0.696. The highest BCUT2D eigenvalue weighted by Gasteiger charge is 1.99. The van der Waals surface area contributed by atoms with E-state index in [1.807, 2.05) is 23.3 Å². The summed E-state index contributed by atoms with van der Waals surface area (Å²) in [6.07, 6.45) is 8.41. The second-order valence-corrected chi connectivity index (χ2v) is 3.23. The molecule has 0 aliphatic heterocycles. The smallest absolute Gasteiger partial charge is 0.244 e. The lowest BCUT2D eigenvalue weighted by Crippen LogP contribution is -3.00. The van der Waals surface area contributed by atoms with E-state index in [4.69, 9.17) is 5.73 Å². The van der Waals surface area contributed by atoms with E-state index < -0.39 is 0 Å². The number of imidazole rings is 1.